The highest BCUT2D eigenvalue weighted by molar-refractivity contribution is 7.92. The molecule has 0 aliphatic rings. The Hall–Kier alpha value is -2.32. The molecule has 0 aliphatic heterocycles. The van der Waals surface area contributed by atoms with Gasteiger partial charge in [-0.2, -0.15) is 5.10 Å². The molecular weight excluding hydrogens is 364 g/mol. The van der Waals surface area contributed by atoms with E-state index in [0.717, 1.165) is 0 Å². The minimum Gasteiger partial charge on any atom is -0.384 e. The molecule has 0 fully saturated rings. The lowest BCUT2D eigenvalue weighted by molar-refractivity contribution is 0.550. The van der Waals surface area contributed by atoms with E-state index >= 15 is 0 Å². The molecule has 0 saturated carbocycles. The molecule has 2 heterocycles. The summed E-state index contributed by atoms with van der Waals surface area (Å²) in [6, 6.07) is 5.64. The molecule has 0 spiro atoms. The molecule has 3 aromatic rings. The molecule has 3 N–H and O–H groups in total. The third-order valence-corrected chi connectivity index (χ3v) is 6.34. The van der Waals surface area contributed by atoms with Crippen molar-refractivity contribution in [3.63, 3.8) is 0 Å². The van der Waals surface area contributed by atoms with Gasteiger partial charge in [-0.05, 0) is 37.6 Å². The van der Waals surface area contributed by atoms with Crippen LogP contribution in [0.2, 0.25) is 5.02 Å². The van der Waals surface area contributed by atoms with Gasteiger partial charge in [0.05, 0.1) is 11.1 Å². The van der Waals surface area contributed by atoms with Crippen molar-refractivity contribution in [3.05, 3.63) is 45.8 Å². The van der Waals surface area contributed by atoms with Gasteiger partial charge >= 0.3 is 0 Å². The Morgan fingerprint density at radius 2 is 1.96 bits per heavy atom. The van der Waals surface area contributed by atoms with Gasteiger partial charge in [0, 0.05) is 16.5 Å². The van der Waals surface area contributed by atoms with E-state index in [4.69, 9.17) is 17.3 Å². The molecule has 25 heavy (non-hydrogen) atoms. The van der Waals surface area contributed by atoms with Crippen molar-refractivity contribution >= 4 is 38.2 Å². The first-order chi connectivity index (χ1) is 11.8. The van der Waals surface area contributed by atoms with Crippen LogP contribution in [0.4, 0.5) is 5.82 Å². The zero-order valence-corrected chi connectivity index (χ0v) is 15.2. The Labute approximate surface area is 149 Å². The van der Waals surface area contributed by atoms with Crippen LogP contribution in [0.3, 0.4) is 0 Å². The van der Waals surface area contributed by atoms with Gasteiger partial charge in [-0.3, -0.25) is 4.79 Å². The van der Waals surface area contributed by atoms with Crippen LogP contribution in [0.5, 0.6) is 0 Å². The Kier molecular flexibility index (Phi) is 4.34. The minimum absolute atomic E-state index is 0.0257. The number of rotatable bonds is 4. The number of H-pyrrole nitrogens is 1. The number of aromatic amines is 1. The van der Waals surface area contributed by atoms with Crippen LogP contribution in [0, 0.1) is 0 Å². The lowest BCUT2D eigenvalue weighted by atomic mass is 10.2. The molecule has 0 bridgehead atoms. The second-order valence-corrected chi connectivity index (χ2v) is 8.08. The molecule has 132 valence electrons. The van der Waals surface area contributed by atoms with E-state index in [-0.39, 0.29) is 32.6 Å². The highest BCUT2D eigenvalue weighted by Gasteiger charge is 2.30. The van der Waals surface area contributed by atoms with E-state index in [1.165, 1.54) is 30.5 Å². The van der Waals surface area contributed by atoms with Crippen LogP contribution in [-0.2, 0) is 9.84 Å². The van der Waals surface area contributed by atoms with Crippen LogP contribution in [0.15, 0.2) is 45.0 Å². The molecule has 0 radical (unpaired) electrons. The van der Waals surface area contributed by atoms with Gasteiger partial charge in [0.1, 0.15) is 16.2 Å². The van der Waals surface area contributed by atoms with Crippen LogP contribution < -0.4 is 11.3 Å². The summed E-state index contributed by atoms with van der Waals surface area (Å²) in [6.07, 6.45) is 1.99. The molecule has 0 aliphatic carbocycles. The lowest BCUT2D eigenvalue weighted by Crippen LogP contribution is -2.15. The van der Waals surface area contributed by atoms with Gasteiger partial charge in [0.2, 0.25) is 9.84 Å². The van der Waals surface area contributed by atoms with Crippen LogP contribution in [-0.4, -0.2) is 23.2 Å². The van der Waals surface area contributed by atoms with Crippen molar-refractivity contribution in [1.29, 1.82) is 0 Å². The number of hydrogen-bond acceptors (Lipinski definition) is 5. The number of sulfone groups is 1. The summed E-state index contributed by atoms with van der Waals surface area (Å²) in [5.74, 6) is 0.0257. The van der Waals surface area contributed by atoms with E-state index in [1.54, 1.807) is 4.57 Å². The Morgan fingerprint density at radius 1 is 1.32 bits per heavy atom. The summed E-state index contributed by atoms with van der Waals surface area (Å²) in [5, 5.41) is 6.71. The van der Waals surface area contributed by atoms with Gasteiger partial charge in [-0.1, -0.05) is 18.5 Å². The van der Waals surface area contributed by atoms with Gasteiger partial charge in [-0.15, -0.1) is 0 Å². The molecule has 7 nitrogen and oxygen atoms in total. The molecule has 1 unspecified atom stereocenters. The van der Waals surface area contributed by atoms with Crippen molar-refractivity contribution in [2.45, 2.75) is 36.1 Å². The lowest BCUT2D eigenvalue weighted by Gasteiger charge is -2.14. The Balaban J connectivity index is 2.41. The first kappa shape index (κ1) is 17.5. The van der Waals surface area contributed by atoms with Crippen molar-refractivity contribution in [2.24, 2.45) is 0 Å². The number of nitrogens with two attached hydrogens (primary N) is 1. The first-order valence-corrected chi connectivity index (χ1v) is 9.52. The fraction of sp³-hybridized carbons (Fsp3) is 0.250. The Bertz CT molecular complexity index is 1100. The van der Waals surface area contributed by atoms with Gasteiger partial charge in [0.25, 0.3) is 5.56 Å². The largest absolute Gasteiger partial charge is 0.384 e. The number of nitrogens with zero attached hydrogens (tertiary/aromatic N) is 2. The molecule has 0 amide bonds. The second kappa shape index (κ2) is 6.20. The van der Waals surface area contributed by atoms with Crippen molar-refractivity contribution in [1.82, 2.24) is 14.8 Å². The van der Waals surface area contributed by atoms with Gasteiger partial charge < -0.3 is 10.3 Å². The number of anilines is 1. The normalized spacial score (nSPS) is 13.2. The second-order valence-electron chi connectivity index (χ2n) is 5.76. The Morgan fingerprint density at radius 3 is 2.56 bits per heavy atom. The quantitative estimate of drug-likeness (QED) is 0.722. The predicted octanol–water partition coefficient (Wildman–Crippen LogP) is 2.76. The fourth-order valence-corrected chi connectivity index (χ4v) is 4.49. The maximum absolute atomic E-state index is 13.1. The minimum atomic E-state index is -3.95. The molecule has 1 aromatic carbocycles. The van der Waals surface area contributed by atoms with Crippen LogP contribution >= 0.6 is 11.6 Å². The number of benzene rings is 1. The summed E-state index contributed by atoms with van der Waals surface area (Å²) >= 11 is 5.84. The SMILES string of the molecule is CCC(C)n1c(N)c(S(=O)(=O)c2ccc(Cl)cc2)c2cn[nH]c(=O)c21. The molecule has 1 atom stereocenters. The number of nitrogens with one attached hydrogen (secondary N) is 1. The standard InChI is InChI=1S/C16H17ClN4O3S/c1-3-9(2)21-13-12(8-19-20-16(13)22)14(15(21)18)25(23,24)11-6-4-10(17)5-7-11/h4-9H,3,18H2,1-2H3,(H,20,22). The van der Waals surface area contributed by atoms with Gasteiger partial charge in [-0.25, -0.2) is 13.5 Å². The van der Waals surface area contributed by atoms with E-state index in [2.05, 4.69) is 10.2 Å². The maximum atomic E-state index is 13.1. The zero-order chi connectivity index (χ0) is 18.4. The summed E-state index contributed by atoms with van der Waals surface area (Å²) in [4.78, 5) is 12.2. The topological polar surface area (TPSA) is 111 Å². The van der Waals surface area contributed by atoms with Gasteiger partial charge in [0.15, 0.2) is 0 Å². The average Bonchev–Trinajstić information content (AvgIpc) is 2.88. The summed E-state index contributed by atoms with van der Waals surface area (Å²) in [5.41, 5.74) is 5.91. The third kappa shape index (κ3) is 2.71. The monoisotopic (exact) mass is 380 g/mol. The van der Waals surface area contributed by atoms with Crippen LogP contribution in [0.25, 0.3) is 10.9 Å². The predicted molar refractivity (Wildman–Crippen MR) is 96.7 cm³/mol. The highest BCUT2D eigenvalue weighted by Crippen LogP contribution is 2.36. The van der Waals surface area contributed by atoms with Crippen molar-refractivity contribution in [3.8, 4) is 0 Å². The summed E-state index contributed by atoms with van der Waals surface area (Å²) in [7, 11) is -3.95. The average molecular weight is 381 g/mol. The maximum Gasteiger partial charge on any atom is 0.288 e. The van der Waals surface area contributed by atoms with Crippen LogP contribution in [0.1, 0.15) is 26.3 Å². The number of hydrogen-bond donors (Lipinski definition) is 2. The molecule has 0 saturated heterocycles. The van der Waals surface area contributed by atoms with E-state index in [0.29, 0.717) is 11.4 Å². The molecule has 2 aromatic heterocycles. The van der Waals surface area contributed by atoms with Crippen molar-refractivity contribution < 1.29 is 8.42 Å². The molecule has 3 rings (SSSR count). The smallest absolute Gasteiger partial charge is 0.288 e. The number of nitrogen functional groups attached to an aromatic ring is 1. The first-order valence-electron chi connectivity index (χ1n) is 7.66. The number of aromatic nitrogens is 3. The molecule has 9 heteroatoms. The highest BCUT2D eigenvalue weighted by atomic mass is 35.5. The third-order valence-electron chi connectivity index (χ3n) is 4.23. The number of halogens is 1. The van der Waals surface area contributed by atoms with Crippen molar-refractivity contribution in [2.75, 3.05) is 5.73 Å². The van der Waals surface area contributed by atoms with E-state index in [9.17, 15) is 13.2 Å². The van der Waals surface area contributed by atoms with E-state index in [1.807, 2.05) is 13.8 Å². The summed E-state index contributed by atoms with van der Waals surface area (Å²) in [6.45, 7) is 3.80. The van der Waals surface area contributed by atoms with E-state index < -0.39 is 15.4 Å². The zero-order valence-electron chi connectivity index (χ0n) is 13.7. The molecular formula is C16H17ClN4O3S. The fourth-order valence-electron chi connectivity index (χ4n) is 2.82. The number of fused-ring (bicyclic) bond motifs is 1. The summed E-state index contributed by atoms with van der Waals surface area (Å²) < 4.78 is 27.8.